The van der Waals surface area contributed by atoms with Crippen LogP contribution in [0.5, 0.6) is 5.75 Å². The Hall–Kier alpha value is -2.61. The zero-order chi connectivity index (χ0) is 16.5. The highest BCUT2D eigenvalue weighted by Gasteiger charge is 2.22. The Bertz CT molecular complexity index is 870. The lowest BCUT2D eigenvalue weighted by atomic mass is 9.91. The van der Waals surface area contributed by atoms with Gasteiger partial charge in [-0.15, -0.1) is 0 Å². The molecule has 0 aromatic heterocycles. The number of ether oxygens (including phenoxy) is 1. The molecule has 1 heterocycles. The van der Waals surface area contributed by atoms with E-state index in [-0.39, 0.29) is 11.9 Å². The quantitative estimate of drug-likeness (QED) is 0.574. The summed E-state index contributed by atoms with van der Waals surface area (Å²) < 4.78 is 20.3. The Kier molecular flexibility index (Phi) is 3.81. The maximum Gasteiger partial charge on any atom is 0.130 e. The van der Waals surface area contributed by atoms with Gasteiger partial charge in [-0.3, -0.25) is 0 Å². The van der Waals surface area contributed by atoms with Gasteiger partial charge in [0.15, 0.2) is 0 Å². The van der Waals surface area contributed by atoms with Crippen molar-refractivity contribution >= 4 is 0 Å². The molecule has 24 heavy (non-hydrogen) atoms. The monoisotopic (exact) mass is 318 g/mol. The van der Waals surface area contributed by atoms with E-state index in [1.54, 1.807) is 12.1 Å². The van der Waals surface area contributed by atoms with E-state index in [1.807, 2.05) is 36.4 Å². The van der Waals surface area contributed by atoms with Crippen molar-refractivity contribution in [3.05, 3.63) is 78.1 Å². The highest BCUT2D eigenvalue weighted by atomic mass is 19.1. The van der Waals surface area contributed by atoms with E-state index < -0.39 is 0 Å². The van der Waals surface area contributed by atoms with Crippen LogP contribution in [0.25, 0.3) is 22.3 Å². The van der Waals surface area contributed by atoms with Crippen molar-refractivity contribution < 1.29 is 9.13 Å². The summed E-state index contributed by atoms with van der Waals surface area (Å²) in [5.41, 5.74) is 5.03. The van der Waals surface area contributed by atoms with Crippen molar-refractivity contribution in [1.29, 1.82) is 0 Å². The topological polar surface area (TPSA) is 9.23 Å². The summed E-state index contributed by atoms with van der Waals surface area (Å²) in [5.74, 6) is 0.628. The molecule has 3 aromatic rings. The van der Waals surface area contributed by atoms with Gasteiger partial charge in [0, 0.05) is 5.56 Å². The minimum atomic E-state index is -0.204. The molecule has 3 aromatic carbocycles. The smallest absolute Gasteiger partial charge is 0.130 e. The van der Waals surface area contributed by atoms with Crippen molar-refractivity contribution in [2.24, 2.45) is 0 Å². The number of hydrogen-bond acceptors (Lipinski definition) is 1. The average Bonchev–Trinajstić information content (AvgIpc) is 2.62. The molecule has 0 unspecified atom stereocenters. The molecule has 0 amide bonds. The Morgan fingerprint density at radius 2 is 1.58 bits per heavy atom. The summed E-state index contributed by atoms with van der Waals surface area (Å²) in [5, 5.41) is 0. The zero-order valence-electron chi connectivity index (χ0n) is 13.6. The van der Waals surface area contributed by atoms with Crippen LogP contribution in [0, 0.1) is 5.82 Å². The van der Waals surface area contributed by atoms with Gasteiger partial charge in [0.05, 0.1) is 6.10 Å². The van der Waals surface area contributed by atoms with Crippen molar-refractivity contribution in [3.8, 4) is 28.0 Å². The van der Waals surface area contributed by atoms with Crippen molar-refractivity contribution in [3.63, 3.8) is 0 Å². The van der Waals surface area contributed by atoms with Crippen LogP contribution in [-0.2, 0) is 6.42 Å². The first kappa shape index (κ1) is 14.9. The highest BCUT2D eigenvalue weighted by Crippen LogP contribution is 2.42. The number of benzene rings is 3. The molecule has 1 aliphatic rings. The second kappa shape index (κ2) is 6.12. The van der Waals surface area contributed by atoms with Crippen LogP contribution in [0.2, 0.25) is 0 Å². The van der Waals surface area contributed by atoms with Gasteiger partial charge in [-0.05, 0) is 54.2 Å². The summed E-state index contributed by atoms with van der Waals surface area (Å²) in [6.07, 6.45) is 1.94. The minimum Gasteiger partial charge on any atom is -0.490 e. The Morgan fingerprint density at radius 1 is 0.875 bits per heavy atom. The lowest BCUT2D eigenvalue weighted by Crippen LogP contribution is -2.19. The Balaban J connectivity index is 1.94. The Morgan fingerprint density at radius 3 is 2.38 bits per heavy atom. The first-order chi connectivity index (χ1) is 11.7. The molecule has 0 saturated heterocycles. The maximum absolute atomic E-state index is 14.2. The summed E-state index contributed by atoms with van der Waals surface area (Å²) in [6.45, 7) is 2.07. The Labute approximate surface area is 141 Å². The number of rotatable bonds is 2. The fraction of sp³-hybridized carbons (Fsp3) is 0.182. The molecule has 0 N–H and O–H groups in total. The predicted molar refractivity (Wildman–Crippen MR) is 95.7 cm³/mol. The second-order valence-electron chi connectivity index (χ2n) is 6.32. The molecule has 0 aliphatic carbocycles. The molecule has 1 atom stereocenters. The van der Waals surface area contributed by atoms with Gasteiger partial charge in [0.25, 0.3) is 0 Å². The molecule has 0 saturated carbocycles. The van der Waals surface area contributed by atoms with Gasteiger partial charge < -0.3 is 4.74 Å². The summed E-state index contributed by atoms with van der Waals surface area (Å²) in [4.78, 5) is 0. The van der Waals surface area contributed by atoms with Gasteiger partial charge in [-0.1, -0.05) is 54.6 Å². The zero-order valence-corrected chi connectivity index (χ0v) is 13.6. The van der Waals surface area contributed by atoms with Crippen LogP contribution in [0.15, 0.2) is 66.7 Å². The van der Waals surface area contributed by atoms with Gasteiger partial charge in [-0.2, -0.15) is 0 Å². The number of aryl methyl sites for hydroxylation is 1. The summed E-state index contributed by atoms with van der Waals surface area (Å²) in [6, 6.07) is 21.5. The standard InChI is InChI=1S/C22H19FO/c1-15-11-12-17-13-18(23)14-21(22(17)24-15)20-10-6-5-9-19(20)16-7-3-2-4-8-16/h2-10,13-15H,11-12H2,1H3/t15-/m1/s1. The molecular weight excluding hydrogens is 299 g/mol. The predicted octanol–water partition coefficient (Wildman–Crippen LogP) is 5.87. The normalized spacial score (nSPS) is 16.3. The first-order valence-corrected chi connectivity index (χ1v) is 8.36. The van der Waals surface area contributed by atoms with Gasteiger partial charge in [-0.25, -0.2) is 4.39 Å². The number of hydrogen-bond donors (Lipinski definition) is 0. The summed E-state index contributed by atoms with van der Waals surface area (Å²) in [7, 11) is 0. The van der Waals surface area contributed by atoms with Crippen LogP contribution in [-0.4, -0.2) is 6.10 Å². The molecule has 4 rings (SSSR count). The van der Waals surface area contributed by atoms with E-state index >= 15 is 0 Å². The average molecular weight is 318 g/mol. The van der Waals surface area contributed by atoms with E-state index in [4.69, 9.17) is 4.74 Å². The third-order valence-corrected chi connectivity index (χ3v) is 4.57. The molecule has 0 fully saturated rings. The SMILES string of the molecule is C[C@@H]1CCc2cc(F)cc(-c3ccccc3-c3ccccc3)c2O1. The van der Waals surface area contributed by atoms with Crippen molar-refractivity contribution in [2.45, 2.75) is 25.9 Å². The summed E-state index contributed by atoms with van der Waals surface area (Å²) >= 11 is 0. The van der Waals surface area contributed by atoms with Gasteiger partial charge >= 0.3 is 0 Å². The van der Waals surface area contributed by atoms with E-state index in [0.29, 0.717) is 0 Å². The van der Waals surface area contributed by atoms with Crippen LogP contribution in [0.3, 0.4) is 0 Å². The van der Waals surface area contributed by atoms with E-state index in [2.05, 4.69) is 25.1 Å². The van der Waals surface area contributed by atoms with E-state index in [9.17, 15) is 4.39 Å². The molecule has 1 nitrogen and oxygen atoms in total. The third-order valence-electron chi connectivity index (χ3n) is 4.57. The molecular formula is C22H19FO. The first-order valence-electron chi connectivity index (χ1n) is 8.36. The molecule has 0 spiro atoms. The van der Waals surface area contributed by atoms with Crippen LogP contribution < -0.4 is 4.74 Å². The number of fused-ring (bicyclic) bond motifs is 1. The third kappa shape index (κ3) is 2.69. The van der Waals surface area contributed by atoms with E-state index in [1.165, 1.54) is 0 Å². The van der Waals surface area contributed by atoms with Crippen LogP contribution in [0.4, 0.5) is 4.39 Å². The van der Waals surface area contributed by atoms with Crippen molar-refractivity contribution in [2.75, 3.05) is 0 Å². The van der Waals surface area contributed by atoms with Gasteiger partial charge in [0.1, 0.15) is 11.6 Å². The fourth-order valence-electron chi connectivity index (χ4n) is 3.38. The van der Waals surface area contributed by atoms with Crippen LogP contribution >= 0.6 is 0 Å². The molecule has 0 bridgehead atoms. The second-order valence-corrected chi connectivity index (χ2v) is 6.32. The maximum atomic E-state index is 14.2. The lowest BCUT2D eigenvalue weighted by molar-refractivity contribution is 0.193. The molecule has 2 heteroatoms. The molecule has 0 radical (unpaired) electrons. The lowest BCUT2D eigenvalue weighted by Gasteiger charge is -2.26. The highest BCUT2D eigenvalue weighted by molar-refractivity contribution is 5.86. The van der Waals surface area contributed by atoms with Crippen LogP contribution in [0.1, 0.15) is 18.9 Å². The van der Waals surface area contributed by atoms with Gasteiger partial charge in [0.2, 0.25) is 0 Å². The largest absolute Gasteiger partial charge is 0.490 e. The fourth-order valence-corrected chi connectivity index (χ4v) is 3.38. The van der Waals surface area contributed by atoms with E-state index in [0.717, 1.165) is 46.4 Å². The molecule has 120 valence electrons. The van der Waals surface area contributed by atoms with Crippen molar-refractivity contribution in [1.82, 2.24) is 0 Å². The minimum absolute atomic E-state index is 0.158. The molecule has 1 aliphatic heterocycles. The number of halogens is 1.